The van der Waals surface area contributed by atoms with E-state index in [1.165, 1.54) is 38.5 Å². The van der Waals surface area contributed by atoms with E-state index in [1.54, 1.807) is 18.0 Å². The van der Waals surface area contributed by atoms with Crippen LogP contribution in [0.15, 0.2) is 18.2 Å². The molecule has 3 aliphatic rings. The van der Waals surface area contributed by atoms with Crippen molar-refractivity contribution in [1.82, 2.24) is 0 Å². The Hall–Kier alpha value is -1.36. The molecule has 124 valence electrons. The Bertz CT molecular complexity index is 628. The number of nitrogens with zero attached hydrogens (tertiary/aromatic N) is 1. The van der Waals surface area contributed by atoms with Gasteiger partial charge in [-0.2, -0.15) is 0 Å². The van der Waals surface area contributed by atoms with E-state index < -0.39 is 5.97 Å². The molecule has 1 aliphatic heterocycles. The van der Waals surface area contributed by atoms with Crippen LogP contribution in [0.2, 0.25) is 0 Å². The SMILES string of the molecule is CC1(SNc2ccc(C(=O)O)c(N3CCC4(CC3)CC4)c2)CC1. The maximum atomic E-state index is 11.6. The standard InChI is InChI=1S/C18H24N2O2S/c1-17(4-5-17)23-19-13-2-3-14(16(21)22)15(12-13)20-10-8-18(6-7-18)9-11-20/h2-3,12,19H,4-11H2,1H3,(H,21,22). The molecule has 2 aliphatic carbocycles. The van der Waals surface area contributed by atoms with Gasteiger partial charge in [-0.05, 0) is 81.0 Å². The Morgan fingerprint density at radius 1 is 1.17 bits per heavy atom. The smallest absolute Gasteiger partial charge is 0.337 e. The summed E-state index contributed by atoms with van der Waals surface area (Å²) in [6.45, 7) is 4.22. The van der Waals surface area contributed by atoms with E-state index in [4.69, 9.17) is 0 Å². The van der Waals surface area contributed by atoms with Crippen molar-refractivity contribution in [3.8, 4) is 0 Å². The molecule has 4 nitrogen and oxygen atoms in total. The van der Waals surface area contributed by atoms with E-state index in [0.29, 0.717) is 15.7 Å². The first-order valence-corrected chi connectivity index (χ1v) is 9.37. The third kappa shape index (κ3) is 3.16. The molecule has 0 atom stereocenters. The van der Waals surface area contributed by atoms with Gasteiger partial charge in [0.1, 0.15) is 0 Å². The first kappa shape index (κ1) is 15.2. The van der Waals surface area contributed by atoms with E-state index in [1.807, 2.05) is 12.1 Å². The van der Waals surface area contributed by atoms with Gasteiger partial charge in [-0.1, -0.05) is 0 Å². The zero-order chi connectivity index (χ0) is 16.1. The second kappa shape index (κ2) is 5.33. The van der Waals surface area contributed by atoms with E-state index in [2.05, 4.69) is 16.5 Å². The van der Waals surface area contributed by atoms with Crippen LogP contribution in [-0.4, -0.2) is 28.9 Å². The molecule has 0 radical (unpaired) electrons. The summed E-state index contributed by atoms with van der Waals surface area (Å²) in [6.07, 6.45) is 7.64. The van der Waals surface area contributed by atoms with Gasteiger partial charge in [0.15, 0.2) is 0 Å². The molecule has 1 aromatic rings. The molecule has 3 fully saturated rings. The number of nitrogens with one attached hydrogen (secondary N) is 1. The summed E-state index contributed by atoms with van der Waals surface area (Å²) in [5.74, 6) is -0.833. The van der Waals surface area contributed by atoms with E-state index in [9.17, 15) is 9.90 Å². The lowest BCUT2D eigenvalue weighted by atomic mass is 9.93. The van der Waals surface area contributed by atoms with Crippen LogP contribution in [0.5, 0.6) is 0 Å². The van der Waals surface area contributed by atoms with Crippen LogP contribution in [0.25, 0.3) is 0 Å². The number of hydrogen-bond acceptors (Lipinski definition) is 4. The minimum Gasteiger partial charge on any atom is -0.478 e. The van der Waals surface area contributed by atoms with Gasteiger partial charge in [0.25, 0.3) is 0 Å². The minimum atomic E-state index is -0.833. The normalized spacial score (nSPS) is 23.6. The summed E-state index contributed by atoms with van der Waals surface area (Å²) >= 11 is 1.76. The number of aromatic carboxylic acids is 1. The number of carboxylic acids is 1. The first-order chi connectivity index (χ1) is 11.0. The lowest BCUT2D eigenvalue weighted by Gasteiger charge is -2.34. The van der Waals surface area contributed by atoms with Crippen LogP contribution in [-0.2, 0) is 0 Å². The Kier molecular flexibility index (Phi) is 3.52. The van der Waals surface area contributed by atoms with Crippen LogP contribution in [0.1, 0.15) is 55.8 Å². The number of carboxylic acid groups (broad SMARTS) is 1. The van der Waals surface area contributed by atoms with E-state index in [-0.39, 0.29) is 0 Å². The van der Waals surface area contributed by atoms with Crippen LogP contribution in [0.3, 0.4) is 0 Å². The molecular formula is C18H24N2O2S. The first-order valence-electron chi connectivity index (χ1n) is 8.55. The molecule has 0 amide bonds. The highest BCUT2D eigenvalue weighted by Gasteiger charge is 2.44. The number of carbonyl (C=O) groups is 1. The number of anilines is 2. The molecule has 0 unspecified atom stereocenters. The van der Waals surface area contributed by atoms with Crippen LogP contribution >= 0.6 is 11.9 Å². The fourth-order valence-electron chi connectivity index (χ4n) is 3.40. The van der Waals surface area contributed by atoms with Gasteiger partial charge in [0.2, 0.25) is 0 Å². The summed E-state index contributed by atoms with van der Waals surface area (Å²) < 4.78 is 3.77. The van der Waals surface area contributed by atoms with Gasteiger partial charge in [0.05, 0.1) is 11.3 Å². The van der Waals surface area contributed by atoms with Crippen molar-refractivity contribution in [2.24, 2.45) is 5.41 Å². The molecule has 1 heterocycles. The summed E-state index contributed by atoms with van der Waals surface area (Å²) in [6, 6.07) is 5.66. The van der Waals surface area contributed by atoms with Crippen molar-refractivity contribution < 1.29 is 9.90 Å². The Morgan fingerprint density at radius 2 is 1.87 bits per heavy atom. The van der Waals surface area contributed by atoms with Gasteiger partial charge in [-0.15, -0.1) is 0 Å². The van der Waals surface area contributed by atoms with Gasteiger partial charge >= 0.3 is 5.97 Å². The zero-order valence-electron chi connectivity index (χ0n) is 13.6. The number of rotatable bonds is 5. The summed E-state index contributed by atoms with van der Waals surface area (Å²) in [7, 11) is 0. The zero-order valence-corrected chi connectivity index (χ0v) is 14.4. The highest BCUT2D eigenvalue weighted by molar-refractivity contribution is 8.02. The maximum absolute atomic E-state index is 11.6. The van der Waals surface area contributed by atoms with Crippen molar-refractivity contribution in [2.75, 3.05) is 22.7 Å². The predicted molar refractivity (Wildman–Crippen MR) is 95.4 cm³/mol. The lowest BCUT2D eigenvalue weighted by Crippen LogP contribution is -2.35. The molecule has 0 bridgehead atoms. The van der Waals surface area contributed by atoms with Crippen molar-refractivity contribution in [1.29, 1.82) is 0 Å². The maximum Gasteiger partial charge on any atom is 0.337 e. The fourth-order valence-corrected chi connectivity index (χ4v) is 4.19. The van der Waals surface area contributed by atoms with Crippen molar-refractivity contribution in [2.45, 2.75) is 50.2 Å². The van der Waals surface area contributed by atoms with E-state index >= 15 is 0 Å². The van der Waals surface area contributed by atoms with Gasteiger partial charge in [0, 0.05) is 23.5 Å². The highest BCUT2D eigenvalue weighted by Crippen LogP contribution is 2.54. The topological polar surface area (TPSA) is 52.6 Å². The Balaban J connectivity index is 1.53. The molecule has 1 spiro atoms. The van der Waals surface area contributed by atoms with Crippen molar-refractivity contribution in [3.63, 3.8) is 0 Å². The summed E-state index contributed by atoms with van der Waals surface area (Å²) in [4.78, 5) is 13.9. The number of hydrogen-bond donors (Lipinski definition) is 2. The van der Waals surface area contributed by atoms with Crippen LogP contribution < -0.4 is 9.62 Å². The summed E-state index contributed by atoms with van der Waals surface area (Å²) in [5.41, 5.74) is 2.91. The Morgan fingerprint density at radius 3 is 2.43 bits per heavy atom. The molecule has 2 N–H and O–H groups in total. The summed E-state index contributed by atoms with van der Waals surface area (Å²) in [5, 5.41) is 9.52. The van der Waals surface area contributed by atoms with Gasteiger partial charge in [-0.25, -0.2) is 4.79 Å². The quantitative estimate of drug-likeness (QED) is 0.784. The molecule has 1 saturated heterocycles. The molecule has 4 rings (SSSR count). The molecular weight excluding hydrogens is 308 g/mol. The van der Waals surface area contributed by atoms with Gasteiger partial charge < -0.3 is 14.7 Å². The average molecular weight is 332 g/mol. The number of benzene rings is 1. The second-order valence-corrected chi connectivity index (χ2v) is 9.07. The third-order valence-electron chi connectivity index (χ3n) is 5.72. The third-order valence-corrected chi connectivity index (χ3v) is 6.96. The monoisotopic (exact) mass is 332 g/mol. The van der Waals surface area contributed by atoms with Crippen molar-refractivity contribution >= 4 is 29.3 Å². The molecule has 23 heavy (non-hydrogen) atoms. The van der Waals surface area contributed by atoms with Gasteiger partial charge in [-0.3, -0.25) is 0 Å². The number of piperidine rings is 1. The van der Waals surface area contributed by atoms with Crippen molar-refractivity contribution in [3.05, 3.63) is 23.8 Å². The average Bonchev–Trinajstić information content (AvgIpc) is 3.46. The van der Waals surface area contributed by atoms with E-state index in [0.717, 1.165) is 24.5 Å². The molecule has 1 aromatic carbocycles. The Labute approximate surface area is 141 Å². The van der Waals surface area contributed by atoms with Crippen LogP contribution in [0, 0.1) is 5.41 Å². The second-order valence-electron chi connectivity index (χ2n) is 7.68. The molecule has 5 heteroatoms. The lowest BCUT2D eigenvalue weighted by molar-refractivity contribution is 0.0697. The predicted octanol–water partition coefficient (Wildman–Crippen LogP) is 4.38. The van der Waals surface area contributed by atoms with Crippen LogP contribution in [0.4, 0.5) is 11.4 Å². The highest BCUT2D eigenvalue weighted by atomic mass is 32.2. The molecule has 0 aromatic heterocycles. The molecule has 2 saturated carbocycles. The fraction of sp³-hybridized carbons (Fsp3) is 0.611. The minimum absolute atomic E-state index is 0.356. The largest absolute Gasteiger partial charge is 0.478 e.